The molecular weight excluding hydrogens is 455 g/mol. The number of nitrogens with one attached hydrogen (secondary N) is 1. The SMILES string of the molecule is O=C(Nc1ccc(N2CCSCC2)c(F)c1)OC(C(=O)OCc1ccccc1)c1ccccc1. The van der Waals surface area contributed by atoms with E-state index in [-0.39, 0.29) is 12.3 Å². The number of anilines is 2. The van der Waals surface area contributed by atoms with Crippen LogP contribution in [0.3, 0.4) is 0 Å². The number of nitrogens with zero attached hydrogens (tertiary/aromatic N) is 1. The van der Waals surface area contributed by atoms with E-state index in [0.29, 0.717) is 11.3 Å². The lowest BCUT2D eigenvalue weighted by atomic mass is 10.1. The molecule has 1 heterocycles. The molecule has 1 N–H and O–H groups in total. The Hall–Kier alpha value is -3.52. The van der Waals surface area contributed by atoms with E-state index < -0.39 is 24.0 Å². The normalized spacial score (nSPS) is 14.2. The van der Waals surface area contributed by atoms with E-state index in [0.717, 1.165) is 30.2 Å². The van der Waals surface area contributed by atoms with Gasteiger partial charge in [0.25, 0.3) is 0 Å². The van der Waals surface area contributed by atoms with Crippen molar-refractivity contribution in [1.29, 1.82) is 0 Å². The van der Waals surface area contributed by atoms with Crippen LogP contribution in [-0.4, -0.2) is 36.7 Å². The maximum absolute atomic E-state index is 14.7. The van der Waals surface area contributed by atoms with Crippen molar-refractivity contribution < 1.29 is 23.5 Å². The third kappa shape index (κ3) is 6.29. The van der Waals surface area contributed by atoms with Gasteiger partial charge in [0, 0.05) is 35.8 Å². The highest BCUT2D eigenvalue weighted by Crippen LogP contribution is 2.26. The third-order valence-electron chi connectivity index (χ3n) is 5.31. The monoisotopic (exact) mass is 480 g/mol. The molecule has 176 valence electrons. The summed E-state index contributed by atoms with van der Waals surface area (Å²) in [5.74, 6) is 0.779. The maximum Gasteiger partial charge on any atom is 0.412 e. The maximum atomic E-state index is 14.7. The molecule has 0 radical (unpaired) electrons. The summed E-state index contributed by atoms with van der Waals surface area (Å²) in [5, 5.41) is 2.51. The van der Waals surface area contributed by atoms with Gasteiger partial charge in [-0.3, -0.25) is 5.32 Å². The number of carbonyl (C=O) groups is 2. The first-order valence-electron chi connectivity index (χ1n) is 11.0. The number of hydrogen-bond donors (Lipinski definition) is 1. The zero-order valence-corrected chi connectivity index (χ0v) is 19.3. The van der Waals surface area contributed by atoms with E-state index >= 15 is 0 Å². The summed E-state index contributed by atoms with van der Waals surface area (Å²) in [6, 6.07) is 22.3. The van der Waals surface area contributed by atoms with Crippen molar-refractivity contribution in [3.63, 3.8) is 0 Å². The summed E-state index contributed by atoms with van der Waals surface area (Å²) in [4.78, 5) is 27.4. The van der Waals surface area contributed by atoms with Crippen LogP contribution >= 0.6 is 11.8 Å². The molecule has 1 aliphatic rings. The van der Waals surface area contributed by atoms with Crippen LogP contribution in [0.2, 0.25) is 0 Å². The summed E-state index contributed by atoms with van der Waals surface area (Å²) in [6.07, 6.45) is -2.15. The number of carbonyl (C=O) groups excluding carboxylic acids is 2. The Morgan fingerprint density at radius 3 is 2.32 bits per heavy atom. The number of ether oxygens (including phenoxy) is 2. The van der Waals surface area contributed by atoms with Crippen molar-refractivity contribution in [2.24, 2.45) is 0 Å². The van der Waals surface area contributed by atoms with Crippen LogP contribution in [0.15, 0.2) is 78.9 Å². The average molecular weight is 481 g/mol. The van der Waals surface area contributed by atoms with Gasteiger partial charge < -0.3 is 14.4 Å². The second kappa shape index (κ2) is 11.6. The Balaban J connectivity index is 1.42. The predicted molar refractivity (Wildman–Crippen MR) is 131 cm³/mol. The molecule has 0 spiro atoms. The van der Waals surface area contributed by atoms with Gasteiger partial charge in [-0.2, -0.15) is 11.8 Å². The summed E-state index contributed by atoms with van der Waals surface area (Å²) in [6.45, 7) is 1.61. The number of rotatable bonds is 7. The molecule has 0 saturated carbocycles. The Morgan fingerprint density at radius 1 is 0.971 bits per heavy atom. The van der Waals surface area contributed by atoms with Gasteiger partial charge >= 0.3 is 12.1 Å². The number of benzene rings is 3. The van der Waals surface area contributed by atoms with Crippen LogP contribution < -0.4 is 10.2 Å². The molecule has 1 atom stereocenters. The van der Waals surface area contributed by atoms with Crippen molar-refractivity contribution in [3.05, 3.63) is 95.8 Å². The number of esters is 1. The van der Waals surface area contributed by atoms with Crippen molar-refractivity contribution in [3.8, 4) is 0 Å². The smallest absolute Gasteiger partial charge is 0.412 e. The molecule has 1 unspecified atom stereocenters. The van der Waals surface area contributed by atoms with Gasteiger partial charge in [-0.25, -0.2) is 14.0 Å². The second-order valence-corrected chi connectivity index (χ2v) is 8.90. The predicted octanol–water partition coefficient (Wildman–Crippen LogP) is 5.41. The Morgan fingerprint density at radius 2 is 1.65 bits per heavy atom. The minimum atomic E-state index is -1.26. The highest BCUT2D eigenvalue weighted by molar-refractivity contribution is 7.99. The fourth-order valence-electron chi connectivity index (χ4n) is 3.58. The molecule has 3 aromatic carbocycles. The van der Waals surface area contributed by atoms with E-state index in [1.54, 1.807) is 42.5 Å². The topological polar surface area (TPSA) is 67.9 Å². The molecule has 1 fully saturated rings. The minimum absolute atomic E-state index is 0.0513. The van der Waals surface area contributed by atoms with Gasteiger partial charge in [0.15, 0.2) is 0 Å². The lowest BCUT2D eigenvalue weighted by Crippen LogP contribution is -2.33. The molecular formula is C26H25FN2O4S. The van der Waals surface area contributed by atoms with Gasteiger partial charge in [-0.05, 0) is 23.8 Å². The van der Waals surface area contributed by atoms with Gasteiger partial charge in [-0.15, -0.1) is 0 Å². The first-order valence-corrected chi connectivity index (χ1v) is 12.1. The quantitative estimate of drug-likeness (QED) is 0.456. The highest BCUT2D eigenvalue weighted by Gasteiger charge is 2.27. The molecule has 1 saturated heterocycles. The van der Waals surface area contributed by atoms with Crippen LogP contribution in [0.4, 0.5) is 20.6 Å². The third-order valence-corrected chi connectivity index (χ3v) is 6.25. The summed E-state index contributed by atoms with van der Waals surface area (Å²) < 4.78 is 25.5. The van der Waals surface area contributed by atoms with Crippen molar-refractivity contribution in [2.45, 2.75) is 12.7 Å². The first kappa shape index (κ1) is 23.6. The van der Waals surface area contributed by atoms with Crippen molar-refractivity contribution in [1.82, 2.24) is 0 Å². The largest absolute Gasteiger partial charge is 0.458 e. The zero-order valence-electron chi connectivity index (χ0n) is 18.5. The summed E-state index contributed by atoms with van der Waals surface area (Å²) in [5.41, 5.74) is 2.03. The Labute approximate surface area is 202 Å². The van der Waals surface area contributed by atoms with Gasteiger partial charge in [0.2, 0.25) is 6.10 Å². The molecule has 6 nitrogen and oxygen atoms in total. The average Bonchev–Trinajstić information content (AvgIpc) is 2.87. The van der Waals surface area contributed by atoms with E-state index in [1.807, 2.05) is 47.0 Å². The van der Waals surface area contributed by atoms with Gasteiger partial charge in [0.1, 0.15) is 12.4 Å². The highest BCUT2D eigenvalue weighted by atomic mass is 32.2. The Bertz CT molecular complexity index is 1110. The minimum Gasteiger partial charge on any atom is -0.458 e. The van der Waals surface area contributed by atoms with E-state index in [2.05, 4.69) is 5.32 Å². The number of thioether (sulfide) groups is 1. The van der Waals surface area contributed by atoms with E-state index in [9.17, 15) is 14.0 Å². The second-order valence-electron chi connectivity index (χ2n) is 7.68. The number of hydrogen-bond acceptors (Lipinski definition) is 6. The molecule has 0 bridgehead atoms. The molecule has 3 aromatic rings. The molecule has 1 aliphatic heterocycles. The molecule has 1 amide bonds. The molecule has 0 aromatic heterocycles. The van der Waals surface area contributed by atoms with Crippen LogP contribution in [-0.2, 0) is 20.9 Å². The van der Waals surface area contributed by atoms with Crippen LogP contribution in [0.5, 0.6) is 0 Å². The number of amides is 1. The lowest BCUT2D eigenvalue weighted by Gasteiger charge is -2.28. The first-order chi connectivity index (χ1) is 16.6. The van der Waals surface area contributed by atoms with Crippen LogP contribution in [0, 0.1) is 5.82 Å². The molecule has 8 heteroatoms. The van der Waals surface area contributed by atoms with Crippen LogP contribution in [0.1, 0.15) is 17.2 Å². The summed E-state index contributed by atoms with van der Waals surface area (Å²) >= 11 is 1.84. The standard InChI is InChI=1S/C26H25FN2O4S/c27-22-17-21(11-12-23(22)29-13-15-34-16-14-29)28-26(31)33-24(20-9-5-2-6-10-20)25(30)32-18-19-7-3-1-4-8-19/h1-12,17,24H,13-16,18H2,(H,28,31). The summed E-state index contributed by atoms with van der Waals surface area (Å²) in [7, 11) is 0. The van der Waals surface area contributed by atoms with E-state index in [4.69, 9.17) is 9.47 Å². The zero-order chi connectivity index (χ0) is 23.8. The van der Waals surface area contributed by atoms with Crippen molar-refractivity contribution >= 4 is 35.2 Å². The number of halogens is 1. The van der Waals surface area contributed by atoms with Crippen molar-refractivity contribution in [2.75, 3.05) is 34.8 Å². The fraction of sp³-hybridized carbons (Fsp3) is 0.231. The fourth-order valence-corrected chi connectivity index (χ4v) is 4.49. The molecule has 34 heavy (non-hydrogen) atoms. The van der Waals surface area contributed by atoms with Gasteiger partial charge in [-0.1, -0.05) is 60.7 Å². The lowest BCUT2D eigenvalue weighted by molar-refractivity contribution is -0.155. The Kier molecular flexibility index (Phi) is 8.04. The van der Waals surface area contributed by atoms with Gasteiger partial charge in [0.05, 0.1) is 5.69 Å². The molecule has 4 rings (SSSR count). The molecule has 0 aliphatic carbocycles. The van der Waals surface area contributed by atoms with Crippen LogP contribution in [0.25, 0.3) is 0 Å². The van der Waals surface area contributed by atoms with E-state index in [1.165, 1.54) is 6.07 Å².